The van der Waals surface area contributed by atoms with Crippen molar-refractivity contribution in [1.82, 2.24) is 4.98 Å². The van der Waals surface area contributed by atoms with E-state index in [1.807, 2.05) is 19.9 Å². The number of nitrogens with one attached hydrogen (secondary N) is 1. The van der Waals surface area contributed by atoms with E-state index in [0.29, 0.717) is 17.0 Å². The molecule has 2 N–H and O–H groups in total. The molecule has 0 aliphatic heterocycles. The number of rotatable bonds is 7. The number of aliphatic hydroxyl groups is 1. The third kappa shape index (κ3) is 4.65. The fourth-order valence-electron chi connectivity index (χ4n) is 2.07. The van der Waals surface area contributed by atoms with E-state index < -0.39 is 11.0 Å². The summed E-state index contributed by atoms with van der Waals surface area (Å²) in [6, 6.07) is 8.65. The van der Waals surface area contributed by atoms with Crippen LogP contribution in [0, 0.1) is 10.1 Å². The normalized spacial score (nSPS) is 12.0. The summed E-state index contributed by atoms with van der Waals surface area (Å²) in [5.41, 5.74) is 0.864. The highest BCUT2D eigenvalue weighted by Gasteiger charge is 2.15. The topological polar surface area (TPSA) is 97.5 Å². The third-order valence-electron chi connectivity index (χ3n) is 3.10. The van der Waals surface area contributed by atoms with Gasteiger partial charge in [-0.25, -0.2) is 0 Å². The Morgan fingerprint density at radius 2 is 2.17 bits per heavy atom. The predicted molar refractivity (Wildman–Crippen MR) is 86.5 cm³/mol. The van der Waals surface area contributed by atoms with E-state index in [4.69, 9.17) is 4.74 Å². The Bertz CT molecular complexity index is 676. The summed E-state index contributed by atoms with van der Waals surface area (Å²) in [6.45, 7) is 3.98. The molecule has 1 aromatic heterocycles. The second kappa shape index (κ2) is 7.55. The van der Waals surface area contributed by atoms with Crippen molar-refractivity contribution in [3.63, 3.8) is 0 Å². The molecule has 7 nitrogen and oxygen atoms in total. The van der Waals surface area contributed by atoms with E-state index in [2.05, 4.69) is 10.3 Å². The average molecular weight is 317 g/mol. The first kappa shape index (κ1) is 16.7. The number of nitrogens with zero attached hydrogens (tertiary/aromatic N) is 2. The number of anilines is 1. The molecule has 0 aliphatic carbocycles. The largest absolute Gasteiger partial charge is 0.491 e. The van der Waals surface area contributed by atoms with Gasteiger partial charge in [0.25, 0.3) is 0 Å². The van der Waals surface area contributed by atoms with Crippen molar-refractivity contribution in [2.75, 3.05) is 11.9 Å². The quantitative estimate of drug-likeness (QED) is 0.602. The van der Waals surface area contributed by atoms with Crippen molar-refractivity contribution < 1.29 is 14.8 Å². The molecule has 122 valence electrons. The molecule has 1 heterocycles. The van der Waals surface area contributed by atoms with Gasteiger partial charge in [-0.05, 0) is 37.6 Å². The van der Waals surface area contributed by atoms with Crippen molar-refractivity contribution in [2.24, 2.45) is 0 Å². The van der Waals surface area contributed by atoms with Crippen LogP contribution in [0.5, 0.6) is 5.75 Å². The van der Waals surface area contributed by atoms with Crippen LogP contribution in [0.2, 0.25) is 0 Å². The Kier molecular flexibility index (Phi) is 5.48. The summed E-state index contributed by atoms with van der Waals surface area (Å²) in [4.78, 5) is 14.1. The van der Waals surface area contributed by atoms with Crippen molar-refractivity contribution in [3.8, 4) is 5.75 Å². The van der Waals surface area contributed by atoms with E-state index in [1.54, 1.807) is 18.2 Å². The van der Waals surface area contributed by atoms with Gasteiger partial charge >= 0.3 is 5.69 Å². The zero-order valence-corrected chi connectivity index (χ0v) is 13.0. The standard InChI is InChI=1S/C16H19N3O4/c1-11(2)23-13-5-3-4-12(8-13)16(20)10-18-14-6-7-17-9-15(14)19(21)22/h3-9,11,16,20H,10H2,1-2H3,(H,17,18)/t16-/m0/s1. The fourth-order valence-corrected chi connectivity index (χ4v) is 2.07. The monoisotopic (exact) mass is 317 g/mol. The van der Waals surface area contributed by atoms with Gasteiger partial charge in [-0.3, -0.25) is 15.1 Å². The molecule has 7 heteroatoms. The molecule has 0 unspecified atom stereocenters. The number of ether oxygens (including phenoxy) is 1. The van der Waals surface area contributed by atoms with Crippen LogP contribution in [0.3, 0.4) is 0 Å². The maximum absolute atomic E-state index is 10.9. The molecule has 2 aromatic rings. The molecule has 0 amide bonds. The molecule has 0 saturated heterocycles. The summed E-state index contributed by atoms with van der Waals surface area (Å²) < 4.78 is 5.59. The lowest BCUT2D eigenvalue weighted by Gasteiger charge is -2.15. The first-order valence-corrected chi connectivity index (χ1v) is 7.24. The number of aliphatic hydroxyl groups excluding tert-OH is 1. The number of hydrogen-bond acceptors (Lipinski definition) is 6. The van der Waals surface area contributed by atoms with Gasteiger partial charge in [0.1, 0.15) is 17.6 Å². The van der Waals surface area contributed by atoms with Gasteiger partial charge in [0.05, 0.1) is 17.1 Å². The minimum Gasteiger partial charge on any atom is -0.491 e. The highest BCUT2D eigenvalue weighted by atomic mass is 16.6. The highest BCUT2D eigenvalue weighted by Crippen LogP contribution is 2.24. The number of benzene rings is 1. The van der Waals surface area contributed by atoms with Crippen molar-refractivity contribution in [3.05, 3.63) is 58.4 Å². The zero-order chi connectivity index (χ0) is 16.8. The Hall–Kier alpha value is -2.67. The molecule has 0 bridgehead atoms. The van der Waals surface area contributed by atoms with E-state index in [0.717, 1.165) is 0 Å². The van der Waals surface area contributed by atoms with Gasteiger partial charge in [0.15, 0.2) is 0 Å². The summed E-state index contributed by atoms with van der Waals surface area (Å²) in [5, 5.41) is 24.1. The van der Waals surface area contributed by atoms with Crippen LogP contribution in [-0.2, 0) is 0 Å². The van der Waals surface area contributed by atoms with E-state index in [1.165, 1.54) is 18.5 Å². The molecule has 0 radical (unpaired) electrons. The second-order valence-electron chi connectivity index (χ2n) is 5.29. The first-order valence-electron chi connectivity index (χ1n) is 7.24. The lowest BCUT2D eigenvalue weighted by atomic mass is 10.1. The van der Waals surface area contributed by atoms with Gasteiger partial charge in [-0.1, -0.05) is 12.1 Å². The van der Waals surface area contributed by atoms with Gasteiger partial charge in [-0.2, -0.15) is 0 Å². The highest BCUT2D eigenvalue weighted by molar-refractivity contribution is 5.59. The van der Waals surface area contributed by atoms with E-state index in [-0.39, 0.29) is 18.3 Å². The lowest BCUT2D eigenvalue weighted by Crippen LogP contribution is -2.13. The molecule has 0 spiro atoms. The molecule has 0 aliphatic rings. The van der Waals surface area contributed by atoms with Gasteiger partial charge in [-0.15, -0.1) is 0 Å². The first-order chi connectivity index (χ1) is 11.0. The molecular weight excluding hydrogens is 298 g/mol. The van der Waals surface area contributed by atoms with Crippen molar-refractivity contribution in [1.29, 1.82) is 0 Å². The predicted octanol–water partition coefficient (Wildman–Crippen LogP) is 2.92. The summed E-state index contributed by atoms with van der Waals surface area (Å²) >= 11 is 0. The third-order valence-corrected chi connectivity index (χ3v) is 3.10. The SMILES string of the molecule is CC(C)Oc1cccc([C@@H](O)CNc2ccncc2[N+](=O)[O-])c1. The van der Waals surface area contributed by atoms with Crippen LogP contribution in [0.1, 0.15) is 25.5 Å². The van der Waals surface area contributed by atoms with Crippen LogP contribution in [0.25, 0.3) is 0 Å². The van der Waals surface area contributed by atoms with E-state index in [9.17, 15) is 15.2 Å². The molecule has 0 fully saturated rings. The van der Waals surface area contributed by atoms with Crippen LogP contribution in [0.15, 0.2) is 42.7 Å². The number of pyridine rings is 1. The average Bonchev–Trinajstić information content (AvgIpc) is 2.52. The second-order valence-corrected chi connectivity index (χ2v) is 5.29. The molecule has 0 saturated carbocycles. The lowest BCUT2D eigenvalue weighted by molar-refractivity contribution is -0.384. The van der Waals surface area contributed by atoms with Crippen LogP contribution < -0.4 is 10.1 Å². The Morgan fingerprint density at radius 1 is 1.39 bits per heavy atom. The summed E-state index contributed by atoms with van der Waals surface area (Å²) in [7, 11) is 0. The van der Waals surface area contributed by atoms with Gasteiger partial charge in [0, 0.05) is 12.7 Å². The van der Waals surface area contributed by atoms with Crippen molar-refractivity contribution >= 4 is 11.4 Å². The molecule has 2 rings (SSSR count). The summed E-state index contributed by atoms with van der Waals surface area (Å²) in [6.07, 6.45) is 1.85. The number of aromatic nitrogens is 1. The summed E-state index contributed by atoms with van der Waals surface area (Å²) in [5.74, 6) is 0.673. The molecule has 1 atom stereocenters. The minimum atomic E-state index is -0.821. The number of nitro groups is 1. The Balaban J connectivity index is 2.05. The Labute approximate surface area is 134 Å². The molecule has 1 aromatic carbocycles. The van der Waals surface area contributed by atoms with Gasteiger partial charge < -0.3 is 15.2 Å². The zero-order valence-electron chi connectivity index (χ0n) is 13.0. The minimum absolute atomic E-state index is 0.0417. The molecular formula is C16H19N3O4. The van der Waals surface area contributed by atoms with E-state index >= 15 is 0 Å². The Morgan fingerprint density at radius 3 is 2.87 bits per heavy atom. The number of hydrogen-bond donors (Lipinski definition) is 2. The van der Waals surface area contributed by atoms with Crippen LogP contribution >= 0.6 is 0 Å². The van der Waals surface area contributed by atoms with Crippen LogP contribution in [-0.4, -0.2) is 27.7 Å². The molecule has 23 heavy (non-hydrogen) atoms. The smallest absolute Gasteiger partial charge is 0.310 e. The maximum atomic E-state index is 10.9. The fraction of sp³-hybridized carbons (Fsp3) is 0.312. The van der Waals surface area contributed by atoms with Crippen molar-refractivity contribution in [2.45, 2.75) is 26.1 Å². The van der Waals surface area contributed by atoms with Gasteiger partial charge in [0.2, 0.25) is 0 Å². The van der Waals surface area contributed by atoms with Crippen LogP contribution in [0.4, 0.5) is 11.4 Å². The maximum Gasteiger partial charge on any atom is 0.310 e.